The zero-order valence-electron chi connectivity index (χ0n) is 15.1. The fraction of sp³-hybridized carbons (Fsp3) is 0.130. The molecule has 3 aromatic rings. The summed E-state index contributed by atoms with van der Waals surface area (Å²) in [5, 5.41) is 2.83. The van der Waals surface area contributed by atoms with E-state index >= 15 is 0 Å². The van der Waals surface area contributed by atoms with Gasteiger partial charge >= 0.3 is 6.09 Å². The fourth-order valence-electron chi connectivity index (χ4n) is 3.29. The standard InChI is InChI=1S/C23H17FN2O2/c1-23(19-9-11-20(24)12-10-19)21(26-22(27)28-23)18-13-17(14-25-15-18)8-7-16-5-3-2-4-6-16/h2-6,9-15,21H,1H3,(H,26,27)/t21-,23+/m1/s1. The molecule has 0 unspecified atom stereocenters. The van der Waals surface area contributed by atoms with Crippen molar-refractivity contribution in [2.24, 2.45) is 0 Å². The minimum Gasteiger partial charge on any atom is -0.436 e. The highest BCUT2D eigenvalue weighted by atomic mass is 19.1. The number of nitrogens with zero attached hydrogens (tertiary/aromatic N) is 1. The van der Waals surface area contributed by atoms with Crippen LogP contribution in [0.4, 0.5) is 9.18 Å². The lowest BCUT2D eigenvalue weighted by Crippen LogP contribution is -2.31. The van der Waals surface area contributed by atoms with Gasteiger partial charge in [0.2, 0.25) is 0 Å². The Morgan fingerprint density at radius 3 is 2.50 bits per heavy atom. The molecule has 0 radical (unpaired) electrons. The van der Waals surface area contributed by atoms with E-state index in [0.29, 0.717) is 5.56 Å². The molecule has 1 N–H and O–H groups in total. The van der Waals surface area contributed by atoms with E-state index in [0.717, 1.165) is 16.7 Å². The van der Waals surface area contributed by atoms with E-state index < -0.39 is 17.7 Å². The molecule has 0 saturated carbocycles. The van der Waals surface area contributed by atoms with Crippen LogP contribution >= 0.6 is 0 Å². The number of amides is 1. The van der Waals surface area contributed by atoms with E-state index in [1.54, 1.807) is 31.5 Å². The molecular formula is C23H17FN2O2. The number of pyridine rings is 1. The van der Waals surface area contributed by atoms with E-state index in [4.69, 9.17) is 4.74 Å². The Morgan fingerprint density at radius 2 is 1.75 bits per heavy atom. The molecule has 0 bridgehead atoms. The summed E-state index contributed by atoms with van der Waals surface area (Å²) >= 11 is 0. The van der Waals surface area contributed by atoms with E-state index in [1.807, 2.05) is 36.4 Å². The van der Waals surface area contributed by atoms with Crippen LogP contribution in [0.15, 0.2) is 73.1 Å². The molecule has 1 fully saturated rings. The molecule has 1 amide bonds. The molecule has 1 aromatic heterocycles. The Hall–Kier alpha value is -3.65. The first-order chi connectivity index (χ1) is 13.5. The number of carbonyl (C=O) groups is 1. The number of halogens is 1. The van der Waals surface area contributed by atoms with Gasteiger partial charge in [0.1, 0.15) is 11.9 Å². The van der Waals surface area contributed by atoms with E-state index in [2.05, 4.69) is 22.1 Å². The monoisotopic (exact) mass is 372 g/mol. The smallest absolute Gasteiger partial charge is 0.408 e. The number of alkyl carbamates (subject to hydrolysis) is 1. The first-order valence-electron chi connectivity index (χ1n) is 8.82. The van der Waals surface area contributed by atoms with Crippen LogP contribution in [0.2, 0.25) is 0 Å². The van der Waals surface area contributed by atoms with Crippen molar-refractivity contribution in [1.29, 1.82) is 0 Å². The molecule has 1 aliphatic heterocycles. The molecule has 4 rings (SSSR count). The zero-order valence-corrected chi connectivity index (χ0v) is 15.1. The van der Waals surface area contributed by atoms with Gasteiger partial charge < -0.3 is 10.1 Å². The highest BCUT2D eigenvalue weighted by molar-refractivity contribution is 5.72. The highest BCUT2D eigenvalue weighted by Crippen LogP contribution is 2.42. The molecule has 0 aliphatic carbocycles. The van der Waals surface area contributed by atoms with Crippen LogP contribution in [0, 0.1) is 17.7 Å². The van der Waals surface area contributed by atoms with Gasteiger partial charge in [0.25, 0.3) is 0 Å². The third-order valence-corrected chi connectivity index (χ3v) is 4.75. The maximum absolute atomic E-state index is 13.3. The van der Waals surface area contributed by atoms with Crippen molar-refractivity contribution < 1.29 is 13.9 Å². The summed E-state index contributed by atoms with van der Waals surface area (Å²) in [6, 6.07) is 17.0. The number of cyclic esters (lactones) is 1. The summed E-state index contributed by atoms with van der Waals surface area (Å²) in [6.45, 7) is 1.80. The Balaban J connectivity index is 1.68. The molecule has 0 spiro atoms. The molecule has 1 aliphatic rings. The number of ether oxygens (including phenoxy) is 1. The SMILES string of the molecule is C[C@@]1(c2ccc(F)cc2)OC(=O)N[C@@H]1c1cncc(C#Cc2ccccc2)c1. The largest absolute Gasteiger partial charge is 0.436 e. The molecule has 1 saturated heterocycles. The van der Waals surface area contributed by atoms with Gasteiger partial charge in [-0.3, -0.25) is 4.98 Å². The van der Waals surface area contributed by atoms with Crippen LogP contribution in [-0.4, -0.2) is 11.1 Å². The minimum absolute atomic E-state index is 0.346. The van der Waals surface area contributed by atoms with Crippen molar-refractivity contribution in [3.05, 3.63) is 101 Å². The average Bonchev–Trinajstić information content (AvgIpc) is 3.03. The first kappa shape index (κ1) is 17.7. The quantitative estimate of drug-likeness (QED) is 0.682. The van der Waals surface area contributed by atoms with Crippen LogP contribution in [-0.2, 0) is 10.3 Å². The highest BCUT2D eigenvalue weighted by Gasteiger charge is 2.47. The number of carbonyl (C=O) groups excluding carboxylic acids is 1. The average molecular weight is 372 g/mol. The zero-order chi connectivity index (χ0) is 19.6. The maximum Gasteiger partial charge on any atom is 0.408 e. The third-order valence-electron chi connectivity index (χ3n) is 4.75. The lowest BCUT2D eigenvalue weighted by molar-refractivity contribution is 0.0493. The molecule has 28 heavy (non-hydrogen) atoms. The summed E-state index contributed by atoms with van der Waals surface area (Å²) in [6.07, 6.45) is 2.82. The second-order valence-corrected chi connectivity index (χ2v) is 6.70. The summed E-state index contributed by atoms with van der Waals surface area (Å²) in [5.74, 6) is 5.84. The van der Waals surface area contributed by atoms with Crippen LogP contribution in [0.25, 0.3) is 0 Å². The Morgan fingerprint density at radius 1 is 1.04 bits per heavy atom. The molecule has 2 aromatic carbocycles. The summed E-state index contributed by atoms with van der Waals surface area (Å²) < 4.78 is 18.9. The van der Waals surface area contributed by atoms with Gasteiger partial charge in [-0.1, -0.05) is 42.2 Å². The second-order valence-electron chi connectivity index (χ2n) is 6.70. The number of aromatic nitrogens is 1. The maximum atomic E-state index is 13.3. The van der Waals surface area contributed by atoms with Gasteiger partial charge in [-0.25, -0.2) is 9.18 Å². The topological polar surface area (TPSA) is 51.2 Å². The fourth-order valence-corrected chi connectivity index (χ4v) is 3.29. The van der Waals surface area contributed by atoms with E-state index in [1.165, 1.54) is 12.1 Å². The number of nitrogens with one attached hydrogen (secondary N) is 1. The third kappa shape index (κ3) is 3.45. The Bertz CT molecular complexity index is 1070. The van der Waals surface area contributed by atoms with Gasteiger partial charge in [-0.2, -0.15) is 0 Å². The van der Waals surface area contributed by atoms with Crippen LogP contribution in [0.3, 0.4) is 0 Å². The van der Waals surface area contributed by atoms with Gasteiger partial charge in [0, 0.05) is 23.5 Å². The Kier molecular flexibility index (Phi) is 4.54. The Labute approximate surface area is 162 Å². The first-order valence-corrected chi connectivity index (χ1v) is 8.82. The van der Waals surface area contributed by atoms with E-state index in [9.17, 15) is 9.18 Å². The van der Waals surface area contributed by atoms with Crippen LogP contribution in [0.1, 0.15) is 35.2 Å². The summed E-state index contributed by atoms with van der Waals surface area (Å²) in [4.78, 5) is 16.3. The molecule has 2 heterocycles. The minimum atomic E-state index is -0.988. The van der Waals surface area contributed by atoms with Gasteiger partial charge in [-0.15, -0.1) is 0 Å². The van der Waals surface area contributed by atoms with Gasteiger partial charge in [-0.05, 0) is 48.4 Å². The number of benzene rings is 2. The van der Waals surface area contributed by atoms with Crippen molar-refractivity contribution in [1.82, 2.24) is 10.3 Å². The number of rotatable bonds is 2. The molecule has 4 nitrogen and oxygen atoms in total. The summed E-state index contributed by atoms with van der Waals surface area (Å²) in [7, 11) is 0. The predicted octanol–water partition coefficient (Wildman–Crippen LogP) is 4.32. The number of hydrogen-bond acceptors (Lipinski definition) is 3. The van der Waals surface area contributed by atoms with Crippen LogP contribution in [0.5, 0.6) is 0 Å². The van der Waals surface area contributed by atoms with Crippen molar-refractivity contribution in [2.75, 3.05) is 0 Å². The lowest BCUT2D eigenvalue weighted by atomic mass is 9.85. The van der Waals surface area contributed by atoms with Gasteiger partial charge in [0.15, 0.2) is 5.60 Å². The normalized spacial score (nSPS) is 20.6. The molecule has 2 atom stereocenters. The van der Waals surface area contributed by atoms with Crippen LogP contribution < -0.4 is 5.32 Å². The number of hydrogen-bond donors (Lipinski definition) is 1. The van der Waals surface area contributed by atoms with Crippen molar-refractivity contribution in [2.45, 2.75) is 18.6 Å². The molecule has 138 valence electrons. The van der Waals surface area contributed by atoms with Crippen molar-refractivity contribution in [3.63, 3.8) is 0 Å². The van der Waals surface area contributed by atoms with Crippen molar-refractivity contribution >= 4 is 6.09 Å². The molecular weight excluding hydrogens is 355 g/mol. The van der Waals surface area contributed by atoms with E-state index in [-0.39, 0.29) is 5.82 Å². The predicted molar refractivity (Wildman–Crippen MR) is 103 cm³/mol. The van der Waals surface area contributed by atoms with Crippen molar-refractivity contribution in [3.8, 4) is 11.8 Å². The molecule has 5 heteroatoms. The second kappa shape index (κ2) is 7.16. The lowest BCUT2D eigenvalue weighted by Gasteiger charge is -2.29. The summed E-state index contributed by atoms with van der Waals surface area (Å²) in [5.41, 5.74) is 2.10. The van der Waals surface area contributed by atoms with Gasteiger partial charge in [0.05, 0.1) is 0 Å².